The zero-order valence-corrected chi connectivity index (χ0v) is 15.8. The molecule has 0 atom stereocenters. The molecule has 0 aliphatic carbocycles. The summed E-state index contributed by atoms with van der Waals surface area (Å²) in [5, 5.41) is 8.61. The Morgan fingerprint density at radius 3 is 2.27 bits per heavy atom. The van der Waals surface area contributed by atoms with Crippen LogP contribution in [0, 0.1) is 6.92 Å². The molecule has 0 saturated carbocycles. The lowest BCUT2D eigenvalue weighted by molar-refractivity contribution is 0.257. The molecule has 3 aromatic carbocycles. The largest absolute Gasteiger partial charge is 0.347 e. The molecule has 0 aliphatic heterocycles. The molecule has 0 spiro atoms. The molecular formula is C21H18BrN3O. The van der Waals surface area contributed by atoms with Gasteiger partial charge in [0.25, 0.3) is 0 Å². The van der Waals surface area contributed by atoms with Crippen molar-refractivity contribution in [3.8, 4) is 0 Å². The number of hydrazone groups is 1. The van der Waals surface area contributed by atoms with E-state index in [-0.39, 0.29) is 6.03 Å². The number of benzene rings is 3. The molecule has 0 aliphatic rings. The van der Waals surface area contributed by atoms with Crippen molar-refractivity contribution in [1.82, 2.24) is 0 Å². The molecule has 4 nitrogen and oxygen atoms in total. The van der Waals surface area contributed by atoms with E-state index < -0.39 is 0 Å². The number of carbonyl (C=O) groups is 1. The smallest absolute Gasteiger partial charge is 0.306 e. The van der Waals surface area contributed by atoms with E-state index in [4.69, 9.17) is 0 Å². The van der Waals surface area contributed by atoms with Gasteiger partial charge in [0.15, 0.2) is 0 Å². The lowest BCUT2D eigenvalue weighted by Gasteiger charge is -2.18. The molecule has 0 saturated heterocycles. The predicted molar refractivity (Wildman–Crippen MR) is 111 cm³/mol. The average molecular weight is 408 g/mol. The lowest BCUT2D eigenvalue weighted by Crippen LogP contribution is -2.30. The average Bonchev–Trinajstić information content (AvgIpc) is 2.66. The van der Waals surface area contributed by atoms with E-state index in [1.807, 2.05) is 85.8 Å². The highest BCUT2D eigenvalue weighted by Gasteiger charge is 2.14. The highest BCUT2D eigenvalue weighted by atomic mass is 79.9. The van der Waals surface area contributed by atoms with Crippen LogP contribution in [0.15, 0.2) is 88.4 Å². The van der Waals surface area contributed by atoms with Crippen molar-refractivity contribution in [2.45, 2.75) is 6.92 Å². The number of nitrogens with one attached hydrogen (secondary N) is 1. The molecule has 0 fully saturated rings. The second kappa shape index (κ2) is 8.45. The van der Waals surface area contributed by atoms with Crippen molar-refractivity contribution >= 4 is 39.6 Å². The summed E-state index contributed by atoms with van der Waals surface area (Å²) in [6.45, 7) is 2.03. The summed E-state index contributed by atoms with van der Waals surface area (Å²) >= 11 is 3.39. The molecule has 0 unspecified atom stereocenters. The van der Waals surface area contributed by atoms with E-state index in [0.29, 0.717) is 11.4 Å². The summed E-state index contributed by atoms with van der Waals surface area (Å²) in [6, 6.07) is 24.4. The Bertz CT molecular complexity index is 891. The Labute approximate surface area is 161 Å². The van der Waals surface area contributed by atoms with Gasteiger partial charge < -0.3 is 5.32 Å². The van der Waals surface area contributed by atoms with Gasteiger partial charge >= 0.3 is 6.03 Å². The number of hydrogen-bond acceptors (Lipinski definition) is 2. The Kier molecular flexibility index (Phi) is 5.81. The fourth-order valence-corrected chi connectivity index (χ4v) is 2.56. The minimum atomic E-state index is -0.332. The van der Waals surface area contributed by atoms with Gasteiger partial charge in [0.2, 0.25) is 0 Å². The highest BCUT2D eigenvalue weighted by Crippen LogP contribution is 2.18. The zero-order valence-electron chi connectivity index (χ0n) is 14.3. The van der Waals surface area contributed by atoms with Gasteiger partial charge in [-0.05, 0) is 48.9 Å². The zero-order chi connectivity index (χ0) is 18.4. The Morgan fingerprint density at radius 1 is 0.962 bits per heavy atom. The fraction of sp³-hybridized carbons (Fsp3) is 0.0476. The summed E-state index contributed by atoms with van der Waals surface area (Å²) in [6.07, 6.45) is 1.67. The minimum absolute atomic E-state index is 0.332. The van der Waals surface area contributed by atoms with E-state index in [9.17, 15) is 4.79 Å². The standard InChI is InChI=1S/C21H18BrN3O/c1-16-7-9-17(10-8-16)15-23-25(20-5-3-2-4-6-20)21(26)24-19-13-11-18(22)12-14-19/h2-15H,1H3,(H,24,26)/b23-15+. The molecule has 0 aromatic heterocycles. The van der Waals surface area contributed by atoms with E-state index in [1.165, 1.54) is 10.6 Å². The molecule has 0 radical (unpaired) electrons. The van der Waals surface area contributed by atoms with Crippen LogP contribution in [0.5, 0.6) is 0 Å². The number of anilines is 2. The molecule has 5 heteroatoms. The SMILES string of the molecule is Cc1ccc(/C=N/N(C(=O)Nc2ccc(Br)cc2)c2ccccc2)cc1. The number of para-hydroxylation sites is 1. The molecule has 26 heavy (non-hydrogen) atoms. The number of urea groups is 1. The highest BCUT2D eigenvalue weighted by molar-refractivity contribution is 9.10. The Balaban J connectivity index is 1.84. The third-order valence-corrected chi connectivity index (χ3v) is 4.22. The van der Waals surface area contributed by atoms with Crippen LogP contribution >= 0.6 is 15.9 Å². The second-order valence-electron chi connectivity index (χ2n) is 5.74. The monoisotopic (exact) mass is 407 g/mol. The van der Waals surface area contributed by atoms with Crippen molar-refractivity contribution in [3.63, 3.8) is 0 Å². The summed E-state index contributed by atoms with van der Waals surface area (Å²) in [4.78, 5) is 12.8. The number of aryl methyl sites for hydroxylation is 1. The van der Waals surface area contributed by atoms with Gasteiger partial charge in [-0.2, -0.15) is 10.1 Å². The Hall–Kier alpha value is -2.92. The maximum Gasteiger partial charge on any atom is 0.347 e. The molecule has 0 heterocycles. The van der Waals surface area contributed by atoms with Crippen molar-refractivity contribution in [1.29, 1.82) is 0 Å². The van der Waals surface area contributed by atoms with Crippen molar-refractivity contribution in [3.05, 3.63) is 94.5 Å². The number of amides is 2. The van der Waals surface area contributed by atoms with Gasteiger partial charge in [-0.25, -0.2) is 4.79 Å². The maximum atomic E-state index is 12.8. The molecule has 1 N–H and O–H groups in total. The van der Waals surface area contributed by atoms with Gasteiger partial charge in [-0.1, -0.05) is 64.0 Å². The van der Waals surface area contributed by atoms with Gasteiger partial charge in [-0.3, -0.25) is 0 Å². The van der Waals surface area contributed by atoms with Crippen LogP contribution in [-0.2, 0) is 0 Å². The third-order valence-electron chi connectivity index (χ3n) is 3.69. The Morgan fingerprint density at radius 2 is 1.62 bits per heavy atom. The summed E-state index contributed by atoms with van der Waals surface area (Å²) in [7, 11) is 0. The summed E-state index contributed by atoms with van der Waals surface area (Å²) in [5.74, 6) is 0. The number of hydrogen-bond donors (Lipinski definition) is 1. The normalized spacial score (nSPS) is 10.7. The minimum Gasteiger partial charge on any atom is -0.306 e. The number of carbonyl (C=O) groups excluding carboxylic acids is 1. The molecule has 130 valence electrons. The number of nitrogens with zero attached hydrogens (tertiary/aromatic N) is 2. The summed E-state index contributed by atoms with van der Waals surface area (Å²) < 4.78 is 0.952. The number of halogens is 1. The lowest BCUT2D eigenvalue weighted by atomic mass is 10.2. The van der Waals surface area contributed by atoms with Crippen LogP contribution in [0.25, 0.3) is 0 Å². The van der Waals surface area contributed by atoms with Crippen LogP contribution in [-0.4, -0.2) is 12.2 Å². The van der Waals surface area contributed by atoms with Crippen LogP contribution in [0.4, 0.5) is 16.2 Å². The van der Waals surface area contributed by atoms with Gasteiger partial charge in [0.05, 0.1) is 11.9 Å². The fourth-order valence-electron chi connectivity index (χ4n) is 2.29. The first-order valence-electron chi connectivity index (χ1n) is 8.14. The van der Waals surface area contributed by atoms with Gasteiger partial charge in [0, 0.05) is 10.2 Å². The van der Waals surface area contributed by atoms with E-state index in [1.54, 1.807) is 6.21 Å². The van der Waals surface area contributed by atoms with Crippen molar-refractivity contribution in [2.24, 2.45) is 5.10 Å². The van der Waals surface area contributed by atoms with E-state index in [2.05, 4.69) is 26.3 Å². The van der Waals surface area contributed by atoms with Crippen LogP contribution in [0.2, 0.25) is 0 Å². The quantitative estimate of drug-likeness (QED) is 0.429. The predicted octanol–water partition coefficient (Wildman–Crippen LogP) is 5.83. The van der Waals surface area contributed by atoms with Crippen molar-refractivity contribution in [2.75, 3.05) is 10.3 Å². The van der Waals surface area contributed by atoms with Crippen LogP contribution < -0.4 is 10.3 Å². The molecule has 0 bridgehead atoms. The first kappa shape index (κ1) is 17.9. The van der Waals surface area contributed by atoms with Crippen LogP contribution in [0.3, 0.4) is 0 Å². The molecular weight excluding hydrogens is 390 g/mol. The van der Waals surface area contributed by atoms with Gasteiger partial charge in [0.1, 0.15) is 0 Å². The molecule has 2 amide bonds. The molecule has 3 rings (SSSR count). The first-order chi connectivity index (χ1) is 12.6. The second-order valence-corrected chi connectivity index (χ2v) is 6.66. The van der Waals surface area contributed by atoms with Crippen molar-refractivity contribution < 1.29 is 4.79 Å². The first-order valence-corrected chi connectivity index (χ1v) is 8.93. The number of rotatable bonds is 4. The van der Waals surface area contributed by atoms with E-state index in [0.717, 1.165) is 10.0 Å². The van der Waals surface area contributed by atoms with E-state index >= 15 is 0 Å². The molecule has 3 aromatic rings. The van der Waals surface area contributed by atoms with Crippen LogP contribution in [0.1, 0.15) is 11.1 Å². The van der Waals surface area contributed by atoms with Gasteiger partial charge in [-0.15, -0.1) is 0 Å². The summed E-state index contributed by atoms with van der Waals surface area (Å²) in [5.41, 5.74) is 3.48. The third kappa shape index (κ3) is 4.80. The topological polar surface area (TPSA) is 44.7 Å². The maximum absolute atomic E-state index is 12.8.